The summed E-state index contributed by atoms with van der Waals surface area (Å²) in [4.78, 5) is 28.6. The number of hydrogen-bond donors (Lipinski definition) is 2. The van der Waals surface area contributed by atoms with Gasteiger partial charge in [0.1, 0.15) is 5.75 Å². The number of nitrogens with zero attached hydrogens (tertiary/aromatic N) is 1. The number of hydrogen-bond acceptors (Lipinski definition) is 6. The first-order chi connectivity index (χ1) is 19.7. The lowest BCUT2D eigenvalue weighted by Crippen LogP contribution is -2.35. The minimum atomic E-state index is -0.907. The molecule has 0 bridgehead atoms. The molecule has 3 atom stereocenters. The van der Waals surface area contributed by atoms with Gasteiger partial charge in [-0.2, -0.15) is 0 Å². The second-order valence-electron chi connectivity index (χ2n) is 10.9. The minimum absolute atomic E-state index is 0.0563. The molecule has 5 rings (SSSR count). The van der Waals surface area contributed by atoms with Crippen LogP contribution in [0.2, 0.25) is 0 Å². The van der Waals surface area contributed by atoms with Gasteiger partial charge in [-0.05, 0) is 78.8 Å². The molecule has 8 nitrogen and oxygen atoms in total. The summed E-state index contributed by atoms with van der Waals surface area (Å²) in [7, 11) is 1.60. The summed E-state index contributed by atoms with van der Waals surface area (Å²) < 4.78 is 16.5. The van der Waals surface area contributed by atoms with E-state index in [1.807, 2.05) is 48.2 Å². The number of carboxylic acids is 1. The number of nitrogens with one attached hydrogen (secondary N) is 1. The number of fused-ring (bicyclic) bond motifs is 1. The summed E-state index contributed by atoms with van der Waals surface area (Å²) in [5.41, 5.74) is 6.88. The number of likely N-dealkylation sites (tertiary alicyclic amines) is 1. The Morgan fingerprint density at radius 1 is 1.00 bits per heavy atom. The van der Waals surface area contributed by atoms with E-state index in [9.17, 15) is 14.7 Å². The number of rotatable bonds is 9. The average Bonchev–Trinajstić information content (AvgIpc) is 3.57. The van der Waals surface area contributed by atoms with Gasteiger partial charge >= 0.3 is 5.97 Å². The van der Waals surface area contributed by atoms with E-state index in [1.165, 1.54) is 5.56 Å². The molecular weight excluding hydrogens is 520 g/mol. The smallest absolute Gasteiger partial charge is 0.309 e. The first kappa shape index (κ1) is 28.5. The van der Waals surface area contributed by atoms with Gasteiger partial charge in [0.05, 0.1) is 19.6 Å². The monoisotopic (exact) mass is 558 g/mol. The Bertz CT molecular complexity index is 1430. The second kappa shape index (κ2) is 11.8. The molecule has 0 aliphatic carbocycles. The lowest BCUT2D eigenvalue weighted by atomic mass is 9.81. The number of benzene rings is 3. The van der Waals surface area contributed by atoms with E-state index in [0.29, 0.717) is 23.8 Å². The number of carbonyl (C=O) groups is 2. The third-order valence-corrected chi connectivity index (χ3v) is 8.32. The number of anilines is 1. The van der Waals surface area contributed by atoms with Crippen LogP contribution in [0.25, 0.3) is 0 Å². The number of carbonyl (C=O) groups excluding carboxylic acids is 1. The van der Waals surface area contributed by atoms with Crippen molar-refractivity contribution in [2.24, 2.45) is 5.92 Å². The zero-order valence-electron chi connectivity index (χ0n) is 24.3. The maximum Gasteiger partial charge on any atom is 0.309 e. The van der Waals surface area contributed by atoms with E-state index in [2.05, 4.69) is 38.2 Å². The number of aryl methyl sites for hydroxylation is 4. The van der Waals surface area contributed by atoms with Crippen molar-refractivity contribution in [1.82, 2.24) is 4.90 Å². The Balaban J connectivity index is 1.51. The fourth-order valence-corrected chi connectivity index (χ4v) is 6.39. The SMILES string of the molecule is CCc1cc(C)cc(CC)c1NC(=O)CN1C[C@H](c2cc3c(cc2C)OCO3)[C@@H](C(=O)O)[C@@H]1c1ccc(OC)cc1. The quantitative estimate of drug-likeness (QED) is 0.351. The van der Waals surface area contributed by atoms with Crippen molar-refractivity contribution < 1.29 is 28.9 Å². The molecule has 0 spiro atoms. The van der Waals surface area contributed by atoms with Gasteiger partial charge in [0, 0.05) is 24.2 Å². The Labute approximate surface area is 241 Å². The molecule has 3 aromatic carbocycles. The summed E-state index contributed by atoms with van der Waals surface area (Å²) in [5.74, 6) is -0.253. The zero-order chi connectivity index (χ0) is 29.3. The molecule has 0 aromatic heterocycles. The predicted molar refractivity (Wildman–Crippen MR) is 157 cm³/mol. The van der Waals surface area contributed by atoms with E-state index in [4.69, 9.17) is 14.2 Å². The maximum atomic E-state index is 13.7. The van der Waals surface area contributed by atoms with Crippen LogP contribution in [0.5, 0.6) is 17.2 Å². The topological polar surface area (TPSA) is 97.3 Å². The van der Waals surface area contributed by atoms with Gasteiger partial charge in [-0.15, -0.1) is 0 Å². The summed E-state index contributed by atoms with van der Waals surface area (Å²) in [6.45, 7) is 8.80. The van der Waals surface area contributed by atoms with E-state index in [0.717, 1.165) is 46.3 Å². The van der Waals surface area contributed by atoms with Crippen LogP contribution in [0.3, 0.4) is 0 Å². The summed E-state index contributed by atoms with van der Waals surface area (Å²) in [6.07, 6.45) is 1.60. The summed E-state index contributed by atoms with van der Waals surface area (Å²) in [5, 5.41) is 13.8. The molecule has 0 saturated carbocycles. The molecule has 1 saturated heterocycles. The van der Waals surface area contributed by atoms with Crippen molar-refractivity contribution in [3.63, 3.8) is 0 Å². The number of carboxylic acid groups (broad SMARTS) is 1. The van der Waals surface area contributed by atoms with Crippen molar-refractivity contribution >= 4 is 17.6 Å². The van der Waals surface area contributed by atoms with Crippen molar-refractivity contribution in [2.75, 3.05) is 32.3 Å². The Morgan fingerprint density at radius 3 is 2.22 bits per heavy atom. The summed E-state index contributed by atoms with van der Waals surface area (Å²) in [6, 6.07) is 15.0. The minimum Gasteiger partial charge on any atom is -0.497 e. The molecule has 41 heavy (non-hydrogen) atoms. The average molecular weight is 559 g/mol. The third-order valence-electron chi connectivity index (χ3n) is 8.32. The molecular formula is C33H38N2O6. The first-order valence-corrected chi connectivity index (χ1v) is 14.2. The first-order valence-electron chi connectivity index (χ1n) is 14.2. The molecule has 1 amide bonds. The molecule has 8 heteroatoms. The number of amides is 1. The summed E-state index contributed by atoms with van der Waals surface area (Å²) >= 11 is 0. The van der Waals surface area contributed by atoms with Crippen molar-refractivity contribution in [3.05, 3.63) is 81.9 Å². The normalized spacial score (nSPS) is 19.8. The highest BCUT2D eigenvalue weighted by molar-refractivity contribution is 5.94. The molecule has 2 heterocycles. The number of methoxy groups -OCH3 is 1. The lowest BCUT2D eigenvalue weighted by Gasteiger charge is -2.27. The van der Waals surface area contributed by atoms with Gasteiger partial charge in [0.2, 0.25) is 12.7 Å². The fourth-order valence-electron chi connectivity index (χ4n) is 6.39. The Morgan fingerprint density at radius 2 is 1.63 bits per heavy atom. The van der Waals surface area contributed by atoms with Crippen LogP contribution < -0.4 is 19.5 Å². The highest BCUT2D eigenvalue weighted by Gasteiger charge is 2.48. The number of aliphatic carboxylic acids is 1. The molecule has 3 aromatic rings. The highest BCUT2D eigenvalue weighted by Crippen LogP contribution is 2.49. The lowest BCUT2D eigenvalue weighted by molar-refractivity contribution is -0.143. The maximum absolute atomic E-state index is 13.7. The van der Waals surface area contributed by atoms with Crippen molar-refractivity contribution in [1.29, 1.82) is 0 Å². The highest BCUT2D eigenvalue weighted by atomic mass is 16.7. The van der Waals surface area contributed by atoms with E-state index >= 15 is 0 Å². The van der Waals surface area contributed by atoms with Crippen molar-refractivity contribution in [2.45, 2.75) is 52.5 Å². The van der Waals surface area contributed by atoms with Gasteiger partial charge < -0.3 is 24.6 Å². The molecule has 0 unspecified atom stereocenters. The van der Waals surface area contributed by atoms with Crippen LogP contribution >= 0.6 is 0 Å². The second-order valence-corrected chi connectivity index (χ2v) is 10.9. The van der Waals surface area contributed by atoms with Crippen LogP contribution in [-0.4, -0.2) is 48.9 Å². The van der Waals surface area contributed by atoms with Crippen LogP contribution in [-0.2, 0) is 22.4 Å². The van der Waals surface area contributed by atoms with Gasteiger partial charge in [-0.25, -0.2) is 0 Å². The van der Waals surface area contributed by atoms with E-state index in [1.54, 1.807) is 7.11 Å². The van der Waals surface area contributed by atoms with Gasteiger partial charge in [-0.1, -0.05) is 43.7 Å². The molecule has 2 aliphatic rings. The van der Waals surface area contributed by atoms with E-state index < -0.39 is 17.9 Å². The fraction of sp³-hybridized carbons (Fsp3) is 0.394. The van der Waals surface area contributed by atoms with Crippen LogP contribution in [0.1, 0.15) is 59.2 Å². The van der Waals surface area contributed by atoms with Gasteiger partial charge in [0.15, 0.2) is 11.5 Å². The van der Waals surface area contributed by atoms with E-state index in [-0.39, 0.29) is 25.2 Å². The van der Waals surface area contributed by atoms with Crippen molar-refractivity contribution in [3.8, 4) is 17.2 Å². The van der Waals surface area contributed by atoms with Crippen LogP contribution in [0.4, 0.5) is 5.69 Å². The number of ether oxygens (including phenoxy) is 3. The zero-order valence-corrected chi connectivity index (χ0v) is 24.3. The molecule has 2 aliphatic heterocycles. The standard InChI is InChI=1S/C33H38N2O6/c1-6-21-12-19(3)13-22(7-2)31(21)34-29(36)17-35-16-26(25-15-28-27(14-20(25)4)40-18-41-28)30(33(37)38)32(35)23-8-10-24(39-5)11-9-23/h8-15,26,30,32H,6-7,16-18H2,1-5H3,(H,34,36)(H,37,38)/t26-,30-,32+/m1/s1. The van der Waals surface area contributed by atoms with Gasteiger partial charge in [0.25, 0.3) is 0 Å². The largest absolute Gasteiger partial charge is 0.497 e. The Kier molecular flexibility index (Phi) is 8.22. The third kappa shape index (κ3) is 5.61. The molecule has 0 radical (unpaired) electrons. The molecule has 2 N–H and O–H groups in total. The molecule has 216 valence electrons. The van der Waals surface area contributed by atoms with Crippen LogP contribution in [0, 0.1) is 19.8 Å². The van der Waals surface area contributed by atoms with Gasteiger partial charge in [-0.3, -0.25) is 14.5 Å². The predicted octanol–water partition coefficient (Wildman–Crippen LogP) is 5.65. The Hall–Kier alpha value is -4.04. The van der Waals surface area contributed by atoms with Crippen LogP contribution in [0.15, 0.2) is 48.5 Å². The molecule has 1 fully saturated rings.